The molecule has 0 radical (unpaired) electrons. The van der Waals surface area contributed by atoms with Crippen LogP contribution in [-0.4, -0.2) is 17.1 Å². The smallest absolute Gasteiger partial charge is 0.121 e. The molecule has 0 aliphatic heterocycles. The van der Waals surface area contributed by atoms with Crippen LogP contribution in [0, 0.1) is 13.8 Å². The number of allylic oxidation sites excluding steroid dienone is 2. The Balaban J connectivity index is 0. The molecule has 0 spiro atoms. The summed E-state index contributed by atoms with van der Waals surface area (Å²) < 4.78 is 5.12. The first-order valence-electron chi connectivity index (χ1n) is 12.9. The molecule has 0 amide bonds. The van der Waals surface area contributed by atoms with E-state index < -0.39 is 0 Å². The van der Waals surface area contributed by atoms with Crippen molar-refractivity contribution in [2.45, 2.75) is 68.7 Å². The summed E-state index contributed by atoms with van der Waals surface area (Å²) in [6.07, 6.45) is 6.43. The van der Waals surface area contributed by atoms with Crippen molar-refractivity contribution in [2.24, 2.45) is 0 Å². The van der Waals surface area contributed by atoms with Gasteiger partial charge in [0.05, 0.1) is 18.1 Å². The molecule has 3 heteroatoms. The number of methoxy groups -OCH3 is 1. The second-order valence-electron chi connectivity index (χ2n) is 7.11. The van der Waals surface area contributed by atoms with Gasteiger partial charge in [-0.25, -0.2) is 0 Å². The Morgan fingerprint density at radius 2 is 1.36 bits per heavy atom. The zero-order chi connectivity index (χ0) is 27.9. The largest absolute Gasteiger partial charge is 0.497 e. The van der Waals surface area contributed by atoms with E-state index in [0.717, 1.165) is 23.2 Å². The molecule has 0 aliphatic rings. The molecule has 0 saturated carbocycles. The fraction of sp³-hybridized carbons (Fsp3) is 0.333. The van der Waals surface area contributed by atoms with Crippen molar-refractivity contribution >= 4 is 21.8 Å². The summed E-state index contributed by atoms with van der Waals surface area (Å²) in [4.78, 5) is 8.51. The van der Waals surface area contributed by atoms with E-state index in [9.17, 15) is 0 Å². The van der Waals surface area contributed by atoms with Gasteiger partial charge in [-0.15, -0.1) is 6.58 Å². The number of pyridine rings is 2. The number of aryl methyl sites for hydroxylation is 2. The Kier molecular flexibility index (Phi) is 21.2. The van der Waals surface area contributed by atoms with Gasteiger partial charge in [0, 0.05) is 29.2 Å². The lowest BCUT2D eigenvalue weighted by Crippen LogP contribution is -1.85. The first-order chi connectivity index (χ1) is 17.5. The molecule has 2 aromatic heterocycles. The molecule has 0 saturated heterocycles. The van der Waals surface area contributed by atoms with Crippen LogP contribution in [0.15, 0.2) is 91.8 Å². The Morgan fingerprint density at radius 3 is 1.89 bits per heavy atom. The second-order valence-corrected chi connectivity index (χ2v) is 7.11. The van der Waals surface area contributed by atoms with Crippen molar-refractivity contribution in [3.05, 3.63) is 103 Å². The van der Waals surface area contributed by atoms with Gasteiger partial charge in [-0.3, -0.25) is 9.97 Å². The molecule has 0 N–H and O–H groups in total. The maximum Gasteiger partial charge on any atom is 0.121 e. The molecule has 0 atom stereocenters. The molecular weight excluding hydrogens is 440 g/mol. The fourth-order valence-corrected chi connectivity index (χ4v) is 2.90. The second kappa shape index (κ2) is 22.0. The summed E-state index contributed by atoms with van der Waals surface area (Å²) in [5, 5.41) is 2.43. The third-order valence-electron chi connectivity index (χ3n) is 4.52. The molecule has 196 valence electrons. The van der Waals surface area contributed by atoms with Gasteiger partial charge in [0.2, 0.25) is 0 Å². The average molecular weight is 489 g/mol. The van der Waals surface area contributed by atoms with Crippen LogP contribution in [-0.2, 0) is 0 Å². The van der Waals surface area contributed by atoms with Gasteiger partial charge in [0.1, 0.15) is 5.75 Å². The summed E-state index contributed by atoms with van der Waals surface area (Å²) in [7, 11) is 1.66. The average Bonchev–Trinajstić information content (AvgIpc) is 2.93. The van der Waals surface area contributed by atoms with Gasteiger partial charge in [-0.2, -0.15) is 0 Å². The molecular formula is C33H48N2O. The fourth-order valence-electron chi connectivity index (χ4n) is 2.90. The zero-order valence-electron chi connectivity index (χ0n) is 24.4. The van der Waals surface area contributed by atoms with E-state index in [1.807, 2.05) is 109 Å². The summed E-state index contributed by atoms with van der Waals surface area (Å²) >= 11 is 0. The van der Waals surface area contributed by atoms with Crippen LogP contribution in [0.1, 0.15) is 66.0 Å². The third kappa shape index (κ3) is 12.9. The van der Waals surface area contributed by atoms with E-state index in [2.05, 4.69) is 49.1 Å². The van der Waals surface area contributed by atoms with Crippen LogP contribution >= 0.6 is 0 Å². The first kappa shape index (κ1) is 34.7. The third-order valence-corrected chi connectivity index (χ3v) is 4.52. The monoisotopic (exact) mass is 488 g/mol. The maximum atomic E-state index is 5.12. The highest BCUT2D eigenvalue weighted by Gasteiger charge is 1.99. The van der Waals surface area contributed by atoms with Crippen molar-refractivity contribution in [1.29, 1.82) is 0 Å². The van der Waals surface area contributed by atoms with E-state index in [1.165, 1.54) is 27.5 Å². The Bertz CT molecular complexity index is 1130. The highest BCUT2D eigenvalue weighted by Crippen LogP contribution is 2.21. The summed E-state index contributed by atoms with van der Waals surface area (Å²) in [6, 6.07) is 18.2. The summed E-state index contributed by atoms with van der Waals surface area (Å²) in [5.74, 6) is 0.852. The lowest BCUT2D eigenvalue weighted by molar-refractivity contribution is 0.415. The predicted molar refractivity (Wildman–Crippen MR) is 163 cm³/mol. The molecule has 2 aromatic carbocycles. The number of rotatable bonds is 3. The number of aromatic nitrogens is 2. The molecule has 2 heterocycles. The SMILES string of the molecule is C=CCC(=C)C.CC.CC.CC.COc1ccc2c(C)ccnc2c1.Cc1cccc2ncccc12. The minimum absolute atomic E-state index is 0.852. The molecule has 0 fully saturated rings. The number of benzene rings is 2. The van der Waals surface area contributed by atoms with E-state index >= 15 is 0 Å². The topological polar surface area (TPSA) is 35.0 Å². The molecule has 0 unspecified atom stereocenters. The van der Waals surface area contributed by atoms with Crippen molar-refractivity contribution in [3.63, 3.8) is 0 Å². The van der Waals surface area contributed by atoms with Gasteiger partial charge < -0.3 is 4.74 Å². The Labute approximate surface area is 221 Å². The van der Waals surface area contributed by atoms with Crippen LogP contribution in [0.4, 0.5) is 0 Å². The zero-order valence-corrected chi connectivity index (χ0v) is 24.4. The highest BCUT2D eigenvalue weighted by atomic mass is 16.5. The number of hydrogen-bond acceptors (Lipinski definition) is 3. The van der Waals surface area contributed by atoms with Gasteiger partial charge >= 0.3 is 0 Å². The van der Waals surface area contributed by atoms with Gasteiger partial charge in [-0.05, 0) is 68.7 Å². The van der Waals surface area contributed by atoms with Crippen molar-refractivity contribution in [1.82, 2.24) is 9.97 Å². The molecule has 0 aliphatic carbocycles. The molecule has 36 heavy (non-hydrogen) atoms. The van der Waals surface area contributed by atoms with E-state index in [1.54, 1.807) is 7.11 Å². The normalized spacial score (nSPS) is 8.61. The van der Waals surface area contributed by atoms with E-state index in [-0.39, 0.29) is 0 Å². The maximum absolute atomic E-state index is 5.12. The molecule has 4 aromatic rings. The number of nitrogens with zero attached hydrogens (tertiary/aromatic N) is 2. The summed E-state index contributed by atoms with van der Waals surface area (Å²) in [6.45, 7) is 25.4. The standard InChI is InChI=1S/C11H11NO.C10H9N.C6H10.3C2H6/c1-8-5-6-12-11-7-9(13-2)3-4-10(8)11;1-8-4-2-6-10-9(8)5-3-7-11-10;1-4-5-6(2)3;3*1-2/h3-7H,1-2H3;2-7H,1H3;4H,1-2,5H2,3H3;3*1-2H3. The Hall–Kier alpha value is -3.46. The van der Waals surface area contributed by atoms with Gasteiger partial charge in [0.15, 0.2) is 0 Å². The highest BCUT2D eigenvalue weighted by molar-refractivity contribution is 5.83. The van der Waals surface area contributed by atoms with Crippen LogP contribution < -0.4 is 4.74 Å². The molecule has 3 nitrogen and oxygen atoms in total. The predicted octanol–water partition coefficient (Wildman–Crippen LogP) is 10.3. The Morgan fingerprint density at radius 1 is 0.778 bits per heavy atom. The van der Waals surface area contributed by atoms with Crippen LogP contribution in [0.2, 0.25) is 0 Å². The van der Waals surface area contributed by atoms with E-state index in [0.29, 0.717) is 0 Å². The molecule has 4 rings (SSSR count). The van der Waals surface area contributed by atoms with E-state index in [4.69, 9.17) is 4.74 Å². The first-order valence-corrected chi connectivity index (χ1v) is 12.9. The van der Waals surface area contributed by atoms with Gasteiger partial charge in [0.25, 0.3) is 0 Å². The minimum Gasteiger partial charge on any atom is -0.497 e. The van der Waals surface area contributed by atoms with Crippen molar-refractivity contribution in [3.8, 4) is 5.75 Å². The number of ether oxygens (including phenoxy) is 1. The number of fused-ring (bicyclic) bond motifs is 2. The van der Waals surface area contributed by atoms with Crippen LogP contribution in [0.5, 0.6) is 5.75 Å². The van der Waals surface area contributed by atoms with Crippen molar-refractivity contribution in [2.75, 3.05) is 7.11 Å². The quantitative estimate of drug-likeness (QED) is 0.269. The minimum atomic E-state index is 0.852. The number of hydrogen-bond donors (Lipinski definition) is 0. The lowest BCUT2D eigenvalue weighted by atomic mass is 10.1. The van der Waals surface area contributed by atoms with Crippen LogP contribution in [0.25, 0.3) is 21.8 Å². The van der Waals surface area contributed by atoms with Gasteiger partial charge in [-0.1, -0.05) is 78.0 Å². The summed E-state index contributed by atoms with van der Waals surface area (Å²) in [5.41, 5.74) is 5.76. The molecule has 0 bridgehead atoms. The van der Waals surface area contributed by atoms with Crippen molar-refractivity contribution < 1.29 is 4.74 Å². The van der Waals surface area contributed by atoms with Crippen LogP contribution in [0.3, 0.4) is 0 Å². The lowest BCUT2D eigenvalue weighted by Gasteiger charge is -2.03.